The second kappa shape index (κ2) is 5.45. The van der Waals surface area contributed by atoms with Crippen molar-refractivity contribution in [1.29, 1.82) is 0 Å². The van der Waals surface area contributed by atoms with Crippen molar-refractivity contribution in [3.8, 4) is 11.5 Å². The molecule has 0 radical (unpaired) electrons. The number of hydrogen-bond donors (Lipinski definition) is 0. The van der Waals surface area contributed by atoms with Gasteiger partial charge in [0.1, 0.15) is 13.2 Å². The number of carbonyl (C=O) groups excluding carboxylic acids is 1. The van der Waals surface area contributed by atoms with Crippen LogP contribution in [0.3, 0.4) is 0 Å². The SMILES string of the molecule is CSCCC(=O)c1cc2c(cc1C)OCCO2. The summed E-state index contributed by atoms with van der Waals surface area (Å²) in [5, 5.41) is 0. The Morgan fingerprint density at radius 1 is 1.29 bits per heavy atom. The molecule has 2 rings (SSSR count). The average molecular weight is 252 g/mol. The number of Topliss-reactive ketones (excluding diaryl/α,β-unsaturated/α-hetero) is 1. The molecule has 0 bridgehead atoms. The van der Waals surface area contributed by atoms with Crippen LogP contribution in [0.1, 0.15) is 22.3 Å². The maximum absolute atomic E-state index is 12.0. The molecule has 0 amide bonds. The zero-order valence-corrected chi connectivity index (χ0v) is 10.9. The van der Waals surface area contributed by atoms with E-state index in [1.54, 1.807) is 11.8 Å². The summed E-state index contributed by atoms with van der Waals surface area (Å²) in [6, 6.07) is 3.70. The number of rotatable bonds is 4. The molecular weight excluding hydrogens is 236 g/mol. The third-order valence-electron chi connectivity index (χ3n) is 2.72. The smallest absolute Gasteiger partial charge is 0.164 e. The Balaban J connectivity index is 2.25. The van der Waals surface area contributed by atoms with Gasteiger partial charge in [0.2, 0.25) is 0 Å². The van der Waals surface area contributed by atoms with E-state index in [1.807, 2.05) is 25.3 Å². The zero-order valence-electron chi connectivity index (χ0n) is 10.1. The lowest BCUT2D eigenvalue weighted by Crippen LogP contribution is -2.16. The highest BCUT2D eigenvalue weighted by Gasteiger charge is 2.17. The van der Waals surface area contributed by atoms with Gasteiger partial charge in [0.15, 0.2) is 17.3 Å². The molecule has 0 spiro atoms. The third kappa shape index (κ3) is 2.75. The van der Waals surface area contributed by atoms with Crippen molar-refractivity contribution in [1.82, 2.24) is 0 Å². The molecule has 0 aromatic heterocycles. The zero-order chi connectivity index (χ0) is 12.3. The normalized spacial score (nSPS) is 13.5. The second-order valence-corrected chi connectivity index (χ2v) is 4.96. The van der Waals surface area contributed by atoms with Gasteiger partial charge in [-0.25, -0.2) is 0 Å². The van der Waals surface area contributed by atoms with Crippen LogP contribution >= 0.6 is 11.8 Å². The molecule has 0 unspecified atom stereocenters. The molecular formula is C13H16O3S. The number of thioether (sulfide) groups is 1. The Kier molecular flexibility index (Phi) is 3.94. The highest BCUT2D eigenvalue weighted by Crippen LogP contribution is 2.33. The van der Waals surface area contributed by atoms with Crippen LogP contribution in [-0.4, -0.2) is 31.0 Å². The van der Waals surface area contributed by atoms with Gasteiger partial charge < -0.3 is 9.47 Å². The van der Waals surface area contributed by atoms with E-state index in [1.165, 1.54) is 0 Å². The van der Waals surface area contributed by atoms with E-state index in [-0.39, 0.29) is 5.78 Å². The molecule has 17 heavy (non-hydrogen) atoms. The molecule has 1 aliphatic rings. The van der Waals surface area contributed by atoms with Gasteiger partial charge in [0, 0.05) is 17.7 Å². The number of aryl methyl sites for hydroxylation is 1. The van der Waals surface area contributed by atoms with E-state index in [9.17, 15) is 4.79 Å². The quantitative estimate of drug-likeness (QED) is 0.772. The highest BCUT2D eigenvalue weighted by molar-refractivity contribution is 7.98. The van der Waals surface area contributed by atoms with E-state index in [2.05, 4.69) is 0 Å². The van der Waals surface area contributed by atoms with Crippen molar-refractivity contribution in [3.05, 3.63) is 23.3 Å². The molecule has 1 aliphatic heterocycles. The van der Waals surface area contributed by atoms with Gasteiger partial charge in [-0.05, 0) is 30.9 Å². The lowest BCUT2D eigenvalue weighted by molar-refractivity contribution is 0.0987. The van der Waals surface area contributed by atoms with Crippen LogP contribution in [0.5, 0.6) is 11.5 Å². The summed E-state index contributed by atoms with van der Waals surface area (Å²) in [4.78, 5) is 12.0. The first-order valence-corrected chi connectivity index (χ1v) is 7.04. The van der Waals surface area contributed by atoms with Crippen molar-refractivity contribution in [2.45, 2.75) is 13.3 Å². The Labute approximate surface area is 105 Å². The third-order valence-corrected chi connectivity index (χ3v) is 3.34. The monoisotopic (exact) mass is 252 g/mol. The highest BCUT2D eigenvalue weighted by atomic mass is 32.2. The Bertz CT molecular complexity index is 429. The van der Waals surface area contributed by atoms with Crippen molar-refractivity contribution in [2.24, 2.45) is 0 Å². The minimum atomic E-state index is 0.175. The summed E-state index contributed by atoms with van der Waals surface area (Å²) in [7, 11) is 0. The van der Waals surface area contributed by atoms with Crippen LogP contribution in [-0.2, 0) is 0 Å². The molecule has 1 aromatic rings. The maximum Gasteiger partial charge on any atom is 0.164 e. The number of carbonyl (C=O) groups is 1. The number of ether oxygens (including phenoxy) is 2. The van der Waals surface area contributed by atoms with Gasteiger partial charge in [0.25, 0.3) is 0 Å². The van der Waals surface area contributed by atoms with Crippen LogP contribution in [0.4, 0.5) is 0 Å². The van der Waals surface area contributed by atoms with Gasteiger partial charge in [-0.1, -0.05) is 0 Å². The summed E-state index contributed by atoms with van der Waals surface area (Å²) in [6.45, 7) is 3.06. The Morgan fingerprint density at radius 3 is 2.59 bits per heavy atom. The Morgan fingerprint density at radius 2 is 1.94 bits per heavy atom. The topological polar surface area (TPSA) is 35.5 Å². The number of fused-ring (bicyclic) bond motifs is 1. The average Bonchev–Trinajstić information content (AvgIpc) is 2.35. The van der Waals surface area contributed by atoms with Gasteiger partial charge >= 0.3 is 0 Å². The van der Waals surface area contributed by atoms with E-state index in [0.29, 0.717) is 25.4 Å². The first kappa shape index (κ1) is 12.3. The van der Waals surface area contributed by atoms with Crippen LogP contribution < -0.4 is 9.47 Å². The summed E-state index contributed by atoms with van der Waals surface area (Å²) >= 11 is 1.68. The summed E-state index contributed by atoms with van der Waals surface area (Å²) in [6.07, 6.45) is 2.57. The number of hydrogen-bond acceptors (Lipinski definition) is 4. The van der Waals surface area contributed by atoms with Crippen molar-refractivity contribution >= 4 is 17.5 Å². The predicted molar refractivity (Wildman–Crippen MR) is 69.5 cm³/mol. The molecule has 3 nitrogen and oxygen atoms in total. The van der Waals surface area contributed by atoms with Crippen LogP contribution in [0, 0.1) is 6.92 Å². The molecule has 4 heteroatoms. The second-order valence-electron chi connectivity index (χ2n) is 3.98. The standard InChI is InChI=1S/C13H16O3S/c1-9-7-12-13(16-5-4-15-12)8-10(9)11(14)3-6-17-2/h7-8H,3-6H2,1-2H3. The van der Waals surface area contributed by atoms with Crippen molar-refractivity contribution in [2.75, 3.05) is 25.2 Å². The van der Waals surface area contributed by atoms with Crippen LogP contribution in [0.25, 0.3) is 0 Å². The molecule has 92 valence electrons. The lowest BCUT2D eigenvalue weighted by atomic mass is 10.0. The molecule has 1 heterocycles. The molecule has 1 aromatic carbocycles. The fourth-order valence-corrected chi connectivity index (χ4v) is 2.21. The summed E-state index contributed by atoms with van der Waals surface area (Å²) in [5.74, 6) is 2.46. The van der Waals surface area contributed by atoms with Crippen molar-refractivity contribution < 1.29 is 14.3 Å². The first-order chi connectivity index (χ1) is 8.22. The molecule has 0 saturated heterocycles. The first-order valence-electron chi connectivity index (χ1n) is 5.64. The van der Waals surface area contributed by atoms with Crippen LogP contribution in [0.15, 0.2) is 12.1 Å². The fraction of sp³-hybridized carbons (Fsp3) is 0.462. The molecule has 0 fully saturated rings. The van der Waals surface area contributed by atoms with Gasteiger partial charge in [-0.2, -0.15) is 11.8 Å². The largest absolute Gasteiger partial charge is 0.486 e. The maximum atomic E-state index is 12.0. The fourth-order valence-electron chi connectivity index (χ4n) is 1.82. The number of ketones is 1. The van der Waals surface area contributed by atoms with E-state index < -0.39 is 0 Å². The molecule has 0 atom stereocenters. The number of benzene rings is 1. The van der Waals surface area contributed by atoms with E-state index >= 15 is 0 Å². The predicted octanol–water partition coefficient (Wildman–Crippen LogP) is 2.70. The summed E-state index contributed by atoms with van der Waals surface area (Å²) in [5.41, 5.74) is 1.71. The minimum absolute atomic E-state index is 0.175. The van der Waals surface area contributed by atoms with E-state index in [4.69, 9.17) is 9.47 Å². The molecule has 0 N–H and O–H groups in total. The lowest BCUT2D eigenvalue weighted by Gasteiger charge is -2.20. The van der Waals surface area contributed by atoms with Crippen molar-refractivity contribution in [3.63, 3.8) is 0 Å². The summed E-state index contributed by atoms with van der Waals surface area (Å²) < 4.78 is 11.0. The van der Waals surface area contributed by atoms with Gasteiger partial charge in [-0.3, -0.25) is 4.79 Å². The minimum Gasteiger partial charge on any atom is -0.486 e. The Hall–Kier alpha value is -1.16. The van der Waals surface area contributed by atoms with Gasteiger partial charge in [0.05, 0.1) is 0 Å². The molecule has 0 aliphatic carbocycles. The van der Waals surface area contributed by atoms with Gasteiger partial charge in [-0.15, -0.1) is 0 Å². The van der Waals surface area contributed by atoms with Crippen LogP contribution in [0.2, 0.25) is 0 Å². The molecule has 0 saturated carbocycles. The van der Waals surface area contributed by atoms with E-state index in [0.717, 1.165) is 22.6 Å².